The maximum Gasteiger partial charge on any atom is 0.244 e. The summed E-state index contributed by atoms with van der Waals surface area (Å²) in [5.41, 5.74) is 3.26. The van der Waals surface area contributed by atoms with Crippen molar-refractivity contribution in [3.63, 3.8) is 0 Å². The van der Waals surface area contributed by atoms with Crippen molar-refractivity contribution in [3.8, 4) is 0 Å². The molecule has 0 fully saturated rings. The number of amides is 2. The lowest BCUT2D eigenvalue weighted by Crippen LogP contribution is -2.53. The number of hydrogen-bond donors (Lipinski definition) is 1. The second-order valence-electron chi connectivity index (χ2n) is 8.86. The fourth-order valence-electron chi connectivity index (χ4n) is 3.65. The minimum atomic E-state index is -3.73. The van der Waals surface area contributed by atoms with Crippen LogP contribution in [0.15, 0.2) is 48.5 Å². The molecule has 186 valence electrons. The van der Waals surface area contributed by atoms with Crippen LogP contribution in [-0.2, 0) is 26.2 Å². The first kappa shape index (κ1) is 27.4. The van der Waals surface area contributed by atoms with Gasteiger partial charge in [-0.15, -0.1) is 0 Å². The minimum absolute atomic E-state index is 0.0299. The van der Waals surface area contributed by atoms with Gasteiger partial charge in [-0.1, -0.05) is 55.8 Å². The van der Waals surface area contributed by atoms with Crippen LogP contribution in [0.2, 0.25) is 0 Å². The summed E-state index contributed by atoms with van der Waals surface area (Å²) < 4.78 is 26.4. The number of nitrogens with one attached hydrogen (secondary N) is 1. The summed E-state index contributed by atoms with van der Waals surface area (Å²) in [4.78, 5) is 28.2. The molecular weight excluding hydrogens is 450 g/mol. The smallest absolute Gasteiger partial charge is 0.244 e. The molecule has 0 aliphatic rings. The van der Waals surface area contributed by atoms with E-state index >= 15 is 0 Å². The van der Waals surface area contributed by atoms with E-state index < -0.39 is 22.0 Å². The zero-order valence-corrected chi connectivity index (χ0v) is 21.9. The molecule has 0 radical (unpaired) electrons. The minimum Gasteiger partial charge on any atom is -0.352 e. The number of anilines is 1. The summed E-state index contributed by atoms with van der Waals surface area (Å²) in [6.07, 6.45) is 2.26. The number of carbonyl (C=O) groups excluding carboxylic acids is 2. The van der Waals surface area contributed by atoms with Gasteiger partial charge in [0.1, 0.15) is 12.6 Å². The summed E-state index contributed by atoms with van der Waals surface area (Å²) in [5.74, 6) is -0.669. The Morgan fingerprint density at radius 1 is 0.971 bits per heavy atom. The van der Waals surface area contributed by atoms with Crippen molar-refractivity contribution < 1.29 is 18.0 Å². The van der Waals surface area contributed by atoms with Crippen molar-refractivity contribution in [3.05, 3.63) is 65.2 Å². The molecule has 0 aromatic heterocycles. The predicted molar refractivity (Wildman–Crippen MR) is 137 cm³/mol. The number of nitrogens with zero attached hydrogens (tertiary/aromatic N) is 2. The van der Waals surface area contributed by atoms with Gasteiger partial charge in [-0.25, -0.2) is 8.42 Å². The van der Waals surface area contributed by atoms with Crippen molar-refractivity contribution in [1.82, 2.24) is 10.2 Å². The molecule has 1 N–H and O–H groups in total. The first-order valence-corrected chi connectivity index (χ1v) is 13.5. The maximum absolute atomic E-state index is 13.6. The topological polar surface area (TPSA) is 86.8 Å². The lowest BCUT2D eigenvalue weighted by Gasteiger charge is -2.33. The Labute approximate surface area is 204 Å². The van der Waals surface area contributed by atoms with Crippen molar-refractivity contribution in [2.75, 3.05) is 17.1 Å². The van der Waals surface area contributed by atoms with Crippen LogP contribution < -0.4 is 9.62 Å². The molecule has 0 aliphatic heterocycles. The van der Waals surface area contributed by atoms with Gasteiger partial charge in [-0.05, 0) is 56.9 Å². The van der Waals surface area contributed by atoms with Gasteiger partial charge < -0.3 is 10.2 Å². The summed E-state index contributed by atoms with van der Waals surface area (Å²) in [7, 11) is -3.73. The first-order valence-electron chi connectivity index (χ1n) is 11.7. The average molecular weight is 488 g/mol. The molecule has 0 saturated carbocycles. The van der Waals surface area contributed by atoms with E-state index in [0.29, 0.717) is 12.1 Å². The number of rotatable bonds is 11. The third kappa shape index (κ3) is 7.58. The quantitative estimate of drug-likeness (QED) is 0.522. The Hall–Kier alpha value is -2.87. The average Bonchev–Trinajstić information content (AvgIpc) is 2.77. The van der Waals surface area contributed by atoms with Gasteiger partial charge in [-0.3, -0.25) is 13.9 Å². The van der Waals surface area contributed by atoms with E-state index in [9.17, 15) is 18.0 Å². The van der Waals surface area contributed by atoms with Crippen LogP contribution >= 0.6 is 0 Å². The number of carbonyl (C=O) groups is 2. The van der Waals surface area contributed by atoms with E-state index in [1.807, 2.05) is 65.0 Å². The van der Waals surface area contributed by atoms with Crippen molar-refractivity contribution >= 4 is 27.5 Å². The normalized spacial score (nSPS) is 13.1. The van der Waals surface area contributed by atoms with Crippen LogP contribution in [0, 0.1) is 13.8 Å². The van der Waals surface area contributed by atoms with Crippen LogP contribution in [-0.4, -0.2) is 50.0 Å². The Morgan fingerprint density at radius 3 is 2.15 bits per heavy atom. The Balaban J connectivity index is 2.43. The number of aryl methyl sites for hydroxylation is 2. The molecule has 0 saturated heterocycles. The Kier molecular flexibility index (Phi) is 9.67. The zero-order chi connectivity index (χ0) is 25.5. The lowest BCUT2D eigenvalue weighted by molar-refractivity contribution is -0.140. The summed E-state index contributed by atoms with van der Waals surface area (Å²) >= 11 is 0. The third-order valence-electron chi connectivity index (χ3n) is 5.83. The Bertz CT molecular complexity index is 1080. The molecule has 2 atom stereocenters. The summed E-state index contributed by atoms with van der Waals surface area (Å²) in [6.45, 7) is 9.41. The highest BCUT2D eigenvalue weighted by molar-refractivity contribution is 7.92. The lowest BCUT2D eigenvalue weighted by atomic mass is 10.1. The van der Waals surface area contributed by atoms with Crippen molar-refractivity contribution in [2.45, 2.75) is 66.1 Å². The number of sulfonamides is 1. The molecule has 0 spiro atoms. The molecule has 0 bridgehead atoms. The molecule has 0 aliphatic carbocycles. The summed E-state index contributed by atoms with van der Waals surface area (Å²) in [6, 6.07) is 14.0. The highest BCUT2D eigenvalue weighted by Crippen LogP contribution is 2.21. The molecule has 2 aromatic rings. The molecule has 2 aromatic carbocycles. The van der Waals surface area contributed by atoms with Gasteiger partial charge in [-0.2, -0.15) is 0 Å². The molecule has 0 heterocycles. The van der Waals surface area contributed by atoms with E-state index in [-0.39, 0.29) is 25.0 Å². The number of benzene rings is 2. The van der Waals surface area contributed by atoms with Crippen LogP contribution in [0.4, 0.5) is 5.69 Å². The van der Waals surface area contributed by atoms with Gasteiger partial charge in [0.05, 0.1) is 11.9 Å². The SMILES string of the molecule is CC[C@H](C)NC(=O)[C@H](CC)N(Cc1ccc(C)cc1)C(=O)CN(c1cccc(C)c1)S(C)(=O)=O. The first-order chi connectivity index (χ1) is 16.0. The van der Waals surface area contributed by atoms with Gasteiger partial charge in [0.25, 0.3) is 0 Å². The van der Waals surface area contributed by atoms with Gasteiger partial charge >= 0.3 is 0 Å². The van der Waals surface area contributed by atoms with Crippen molar-refractivity contribution in [1.29, 1.82) is 0 Å². The van der Waals surface area contributed by atoms with Crippen LogP contribution in [0.3, 0.4) is 0 Å². The molecule has 34 heavy (non-hydrogen) atoms. The van der Waals surface area contributed by atoms with E-state index in [1.54, 1.807) is 18.2 Å². The fourth-order valence-corrected chi connectivity index (χ4v) is 4.49. The second kappa shape index (κ2) is 12.0. The molecular formula is C26H37N3O4S. The Morgan fingerprint density at radius 2 is 1.62 bits per heavy atom. The largest absolute Gasteiger partial charge is 0.352 e. The standard InChI is InChI=1S/C26H37N3O4S/c1-7-21(5)27-26(31)24(8-2)28(17-22-14-12-19(3)13-15-22)25(30)18-29(34(6,32)33)23-11-9-10-20(4)16-23/h9-16,21,24H,7-8,17-18H2,1-6H3,(H,27,31)/t21-,24-/m0/s1. The fraction of sp³-hybridized carbons (Fsp3) is 0.462. The van der Waals surface area contributed by atoms with Crippen LogP contribution in [0.5, 0.6) is 0 Å². The summed E-state index contributed by atoms with van der Waals surface area (Å²) in [5, 5.41) is 2.97. The molecule has 2 rings (SSSR count). The zero-order valence-electron chi connectivity index (χ0n) is 21.0. The van der Waals surface area contributed by atoms with Crippen LogP contribution in [0.25, 0.3) is 0 Å². The second-order valence-corrected chi connectivity index (χ2v) is 10.8. The maximum atomic E-state index is 13.6. The monoisotopic (exact) mass is 487 g/mol. The van der Waals surface area contributed by atoms with Gasteiger partial charge in [0, 0.05) is 12.6 Å². The van der Waals surface area contributed by atoms with Gasteiger partial charge in [0.15, 0.2) is 0 Å². The highest BCUT2D eigenvalue weighted by Gasteiger charge is 2.32. The van der Waals surface area contributed by atoms with Crippen molar-refractivity contribution in [2.24, 2.45) is 0 Å². The molecule has 7 nitrogen and oxygen atoms in total. The van der Waals surface area contributed by atoms with Crippen LogP contribution in [0.1, 0.15) is 50.3 Å². The van der Waals surface area contributed by atoms with Gasteiger partial charge in [0.2, 0.25) is 21.8 Å². The molecule has 0 unspecified atom stereocenters. The van der Waals surface area contributed by atoms with E-state index in [1.165, 1.54) is 4.90 Å². The van der Waals surface area contributed by atoms with E-state index in [4.69, 9.17) is 0 Å². The molecule has 8 heteroatoms. The predicted octanol–water partition coefficient (Wildman–Crippen LogP) is 3.79. The van der Waals surface area contributed by atoms with E-state index in [0.717, 1.165) is 33.7 Å². The third-order valence-corrected chi connectivity index (χ3v) is 6.97. The highest BCUT2D eigenvalue weighted by atomic mass is 32.2. The number of hydrogen-bond acceptors (Lipinski definition) is 4. The van der Waals surface area contributed by atoms with E-state index in [2.05, 4.69) is 5.32 Å². The molecule has 2 amide bonds.